The minimum atomic E-state index is -0.938. The van der Waals surface area contributed by atoms with E-state index in [2.05, 4.69) is 24.1 Å². The summed E-state index contributed by atoms with van der Waals surface area (Å²) in [6.07, 6.45) is 0.576. The first-order chi connectivity index (χ1) is 20.8. The van der Waals surface area contributed by atoms with E-state index < -0.39 is 23.8 Å². The second-order valence-corrected chi connectivity index (χ2v) is 13.2. The van der Waals surface area contributed by atoms with Crippen molar-refractivity contribution in [1.29, 1.82) is 0 Å². The minimum absolute atomic E-state index is 0.191. The minimum Gasteiger partial charge on any atom is -0.464 e. The van der Waals surface area contributed by atoms with Crippen LogP contribution in [0.2, 0.25) is 0 Å². The van der Waals surface area contributed by atoms with E-state index in [4.69, 9.17) is 19.2 Å². The van der Waals surface area contributed by atoms with Crippen LogP contribution in [0.15, 0.2) is 54.6 Å². The van der Waals surface area contributed by atoms with Gasteiger partial charge in [0.25, 0.3) is 0 Å². The Kier molecular flexibility index (Phi) is 10.4. The fraction of sp³-hybridized carbons (Fsp3) is 0.472. The van der Waals surface area contributed by atoms with Gasteiger partial charge >= 0.3 is 12.1 Å². The van der Waals surface area contributed by atoms with E-state index in [1.165, 1.54) is 0 Å². The fourth-order valence-electron chi connectivity index (χ4n) is 5.56. The van der Waals surface area contributed by atoms with Gasteiger partial charge in [0.1, 0.15) is 6.61 Å². The second kappa shape index (κ2) is 13.8. The summed E-state index contributed by atoms with van der Waals surface area (Å²) in [5, 5.41) is 2.82. The van der Waals surface area contributed by atoms with E-state index in [9.17, 15) is 9.59 Å². The van der Waals surface area contributed by atoms with E-state index >= 15 is 0 Å². The van der Waals surface area contributed by atoms with Gasteiger partial charge in [-0.3, -0.25) is 10.3 Å². The lowest BCUT2D eigenvalue weighted by Gasteiger charge is -2.41. The molecule has 1 atom stereocenters. The molecule has 0 aliphatic carbocycles. The molecule has 2 heterocycles. The SMILES string of the molecule is CCOC(=O)[C@@H](OC(C)(C)C)c1c(C)nc(C)c(-c2ccc(NC(=O)OCc3ccccc3)cc2)c1N1CCC(C)(C)CC1. The summed E-state index contributed by atoms with van der Waals surface area (Å²) < 4.78 is 17.4. The zero-order chi connectivity index (χ0) is 32.1. The Hall–Kier alpha value is -3.91. The number of benzene rings is 2. The van der Waals surface area contributed by atoms with Crippen LogP contribution in [0.1, 0.15) is 83.0 Å². The van der Waals surface area contributed by atoms with Crippen LogP contribution >= 0.6 is 0 Å². The van der Waals surface area contributed by atoms with Crippen LogP contribution in [-0.4, -0.2) is 42.3 Å². The van der Waals surface area contributed by atoms with E-state index in [0.29, 0.717) is 5.69 Å². The molecule has 0 spiro atoms. The number of piperidine rings is 1. The number of carbonyl (C=O) groups excluding carboxylic acids is 2. The number of rotatable bonds is 9. The molecule has 1 aliphatic heterocycles. The van der Waals surface area contributed by atoms with Crippen molar-refractivity contribution in [3.63, 3.8) is 0 Å². The van der Waals surface area contributed by atoms with Gasteiger partial charge in [-0.2, -0.15) is 0 Å². The number of esters is 1. The summed E-state index contributed by atoms with van der Waals surface area (Å²) in [7, 11) is 0. The van der Waals surface area contributed by atoms with E-state index in [-0.39, 0.29) is 18.6 Å². The zero-order valence-corrected chi connectivity index (χ0v) is 27.5. The topological polar surface area (TPSA) is 90.0 Å². The summed E-state index contributed by atoms with van der Waals surface area (Å²) in [6, 6.07) is 17.2. The number of anilines is 2. The smallest absolute Gasteiger partial charge is 0.411 e. The molecule has 1 amide bonds. The summed E-state index contributed by atoms with van der Waals surface area (Å²) in [5.41, 5.74) is 6.33. The second-order valence-electron chi connectivity index (χ2n) is 13.2. The molecule has 8 heteroatoms. The molecular weight excluding hydrogens is 554 g/mol. The molecule has 1 fully saturated rings. The number of nitrogens with zero attached hydrogens (tertiary/aromatic N) is 2. The van der Waals surface area contributed by atoms with Gasteiger partial charge in [0, 0.05) is 41.3 Å². The number of aryl methyl sites for hydroxylation is 2. The number of ether oxygens (including phenoxy) is 3. The summed E-state index contributed by atoms with van der Waals surface area (Å²) in [4.78, 5) is 33.3. The third kappa shape index (κ3) is 8.38. The molecule has 0 unspecified atom stereocenters. The van der Waals surface area contributed by atoms with Gasteiger partial charge in [0.2, 0.25) is 0 Å². The van der Waals surface area contributed by atoms with Crippen molar-refractivity contribution in [2.75, 3.05) is 29.9 Å². The Labute approximate surface area is 262 Å². The third-order valence-corrected chi connectivity index (χ3v) is 7.88. The van der Waals surface area contributed by atoms with Crippen molar-refractivity contribution in [3.8, 4) is 11.1 Å². The Morgan fingerprint density at radius 1 is 0.955 bits per heavy atom. The van der Waals surface area contributed by atoms with Crippen LogP contribution in [0, 0.1) is 19.3 Å². The van der Waals surface area contributed by atoms with Gasteiger partial charge in [0.05, 0.1) is 17.9 Å². The molecule has 0 saturated carbocycles. The van der Waals surface area contributed by atoms with E-state index in [1.54, 1.807) is 6.92 Å². The Bertz CT molecular complexity index is 1440. The highest BCUT2D eigenvalue weighted by atomic mass is 16.6. The molecule has 1 aliphatic rings. The average molecular weight is 602 g/mol. The molecule has 1 aromatic heterocycles. The van der Waals surface area contributed by atoms with E-state index in [0.717, 1.165) is 65.3 Å². The lowest BCUT2D eigenvalue weighted by Crippen LogP contribution is -2.39. The molecule has 4 rings (SSSR count). The van der Waals surface area contributed by atoms with Gasteiger partial charge < -0.3 is 19.1 Å². The molecule has 236 valence electrons. The van der Waals surface area contributed by atoms with Crippen LogP contribution < -0.4 is 10.2 Å². The molecule has 44 heavy (non-hydrogen) atoms. The molecule has 2 aromatic carbocycles. The number of nitrogens with one attached hydrogen (secondary N) is 1. The number of pyridine rings is 1. The van der Waals surface area contributed by atoms with Crippen LogP contribution in [0.5, 0.6) is 0 Å². The zero-order valence-electron chi connectivity index (χ0n) is 27.5. The van der Waals surface area contributed by atoms with Crippen molar-refractivity contribution >= 4 is 23.4 Å². The van der Waals surface area contributed by atoms with Gasteiger partial charge in [-0.1, -0.05) is 56.3 Å². The van der Waals surface area contributed by atoms with Crippen molar-refractivity contribution in [2.45, 2.75) is 86.5 Å². The maximum absolute atomic E-state index is 13.5. The Morgan fingerprint density at radius 3 is 2.18 bits per heavy atom. The van der Waals surface area contributed by atoms with Gasteiger partial charge in [-0.05, 0) is 83.1 Å². The molecule has 1 N–H and O–H groups in total. The highest BCUT2D eigenvalue weighted by Crippen LogP contribution is 2.45. The molecule has 3 aromatic rings. The van der Waals surface area contributed by atoms with Crippen LogP contribution in [0.25, 0.3) is 11.1 Å². The standard InChI is InChI=1S/C36H47N3O5/c1-9-42-33(40)32(44-35(4,5)6)30-25(3)37-24(2)29(31(30)39-21-19-36(7,8)20-22-39)27-15-17-28(18-16-27)38-34(41)43-23-26-13-11-10-12-14-26/h10-18,32H,9,19-23H2,1-8H3,(H,38,41)/t32-/m0/s1. The van der Waals surface area contributed by atoms with Gasteiger partial charge in [-0.15, -0.1) is 0 Å². The first kappa shape index (κ1) is 33.0. The van der Waals surface area contributed by atoms with Crippen molar-refractivity contribution in [3.05, 3.63) is 77.1 Å². The van der Waals surface area contributed by atoms with Crippen molar-refractivity contribution < 1.29 is 23.8 Å². The largest absolute Gasteiger partial charge is 0.464 e. The molecule has 1 saturated heterocycles. The van der Waals surface area contributed by atoms with E-state index in [1.807, 2.05) is 89.2 Å². The van der Waals surface area contributed by atoms with Crippen molar-refractivity contribution in [1.82, 2.24) is 4.98 Å². The number of amides is 1. The molecular formula is C36H47N3O5. The fourth-order valence-corrected chi connectivity index (χ4v) is 5.56. The van der Waals surface area contributed by atoms with Gasteiger partial charge in [-0.25, -0.2) is 9.59 Å². The Balaban J connectivity index is 1.74. The quantitative estimate of drug-likeness (QED) is 0.248. The number of aromatic nitrogens is 1. The highest BCUT2D eigenvalue weighted by Gasteiger charge is 2.37. The number of hydrogen-bond acceptors (Lipinski definition) is 7. The maximum atomic E-state index is 13.5. The lowest BCUT2D eigenvalue weighted by atomic mass is 9.81. The van der Waals surface area contributed by atoms with Crippen LogP contribution in [0.4, 0.5) is 16.2 Å². The predicted octanol–water partition coefficient (Wildman–Crippen LogP) is 8.16. The van der Waals surface area contributed by atoms with Gasteiger partial charge in [0.15, 0.2) is 6.10 Å². The maximum Gasteiger partial charge on any atom is 0.411 e. The Morgan fingerprint density at radius 2 is 1.59 bits per heavy atom. The normalized spacial score (nSPS) is 15.4. The van der Waals surface area contributed by atoms with Crippen molar-refractivity contribution in [2.24, 2.45) is 5.41 Å². The monoisotopic (exact) mass is 601 g/mol. The molecule has 0 bridgehead atoms. The van der Waals surface area contributed by atoms with Crippen LogP contribution in [-0.2, 0) is 25.6 Å². The average Bonchev–Trinajstić information content (AvgIpc) is 2.96. The first-order valence-corrected chi connectivity index (χ1v) is 15.5. The van der Waals surface area contributed by atoms with Crippen LogP contribution in [0.3, 0.4) is 0 Å². The molecule has 0 radical (unpaired) electrons. The summed E-state index contributed by atoms with van der Waals surface area (Å²) >= 11 is 0. The number of carbonyl (C=O) groups is 2. The summed E-state index contributed by atoms with van der Waals surface area (Å²) in [6.45, 7) is 18.3. The lowest BCUT2D eigenvalue weighted by molar-refractivity contribution is -0.166. The molecule has 8 nitrogen and oxygen atoms in total. The number of hydrogen-bond donors (Lipinski definition) is 1. The predicted molar refractivity (Wildman–Crippen MR) is 175 cm³/mol. The third-order valence-electron chi connectivity index (χ3n) is 7.88. The summed E-state index contributed by atoms with van der Waals surface area (Å²) in [5.74, 6) is -0.422. The first-order valence-electron chi connectivity index (χ1n) is 15.5. The highest BCUT2D eigenvalue weighted by molar-refractivity contribution is 5.90.